The standard InChI is InChI=1S/C11H14BrN3/c1-15(6-2-5-13)10-4-3-9(8-14)11(12)7-10/h3-4,7H,2,5-6,13H2,1H3. The van der Waals surface area contributed by atoms with Crippen LogP contribution in [0.1, 0.15) is 12.0 Å². The molecule has 15 heavy (non-hydrogen) atoms. The average Bonchev–Trinajstić information content (AvgIpc) is 2.25. The third-order valence-corrected chi connectivity index (χ3v) is 2.87. The lowest BCUT2D eigenvalue weighted by molar-refractivity contribution is 0.795. The second kappa shape index (κ2) is 5.74. The maximum Gasteiger partial charge on any atom is 0.100 e. The first kappa shape index (κ1) is 12.0. The molecule has 0 aliphatic carbocycles. The summed E-state index contributed by atoms with van der Waals surface area (Å²) < 4.78 is 0.835. The highest BCUT2D eigenvalue weighted by atomic mass is 79.9. The molecule has 0 fully saturated rings. The molecule has 1 rings (SSSR count). The van der Waals surface area contributed by atoms with Gasteiger partial charge in [0.2, 0.25) is 0 Å². The van der Waals surface area contributed by atoms with Gasteiger partial charge in [-0.05, 0) is 47.1 Å². The fourth-order valence-corrected chi connectivity index (χ4v) is 1.75. The third-order valence-electron chi connectivity index (χ3n) is 2.21. The van der Waals surface area contributed by atoms with Crippen molar-refractivity contribution in [2.45, 2.75) is 6.42 Å². The van der Waals surface area contributed by atoms with Crippen LogP contribution < -0.4 is 10.6 Å². The zero-order valence-corrected chi connectivity index (χ0v) is 10.3. The minimum Gasteiger partial charge on any atom is -0.375 e. The Balaban J connectivity index is 2.79. The van der Waals surface area contributed by atoms with Gasteiger partial charge in [-0.2, -0.15) is 5.26 Å². The van der Waals surface area contributed by atoms with Crippen molar-refractivity contribution < 1.29 is 0 Å². The summed E-state index contributed by atoms with van der Waals surface area (Å²) in [5, 5.41) is 8.78. The van der Waals surface area contributed by atoms with Crippen LogP contribution in [0.25, 0.3) is 0 Å². The summed E-state index contributed by atoms with van der Waals surface area (Å²) in [6.07, 6.45) is 0.966. The van der Waals surface area contributed by atoms with Crippen molar-refractivity contribution in [1.29, 1.82) is 5.26 Å². The maximum atomic E-state index is 8.78. The predicted octanol–water partition coefficient (Wildman–Crippen LogP) is 2.11. The lowest BCUT2D eigenvalue weighted by Crippen LogP contribution is -2.20. The Bertz CT molecular complexity index is 371. The van der Waals surface area contributed by atoms with E-state index in [1.165, 1.54) is 0 Å². The van der Waals surface area contributed by atoms with Gasteiger partial charge in [-0.3, -0.25) is 0 Å². The Morgan fingerprint density at radius 3 is 2.80 bits per heavy atom. The summed E-state index contributed by atoms with van der Waals surface area (Å²) in [5.41, 5.74) is 7.20. The first-order chi connectivity index (χ1) is 7.19. The van der Waals surface area contributed by atoms with Gasteiger partial charge >= 0.3 is 0 Å². The van der Waals surface area contributed by atoms with Crippen LogP contribution in [-0.4, -0.2) is 20.1 Å². The van der Waals surface area contributed by atoms with E-state index in [0.717, 1.165) is 23.1 Å². The van der Waals surface area contributed by atoms with Crippen molar-refractivity contribution in [2.24, 2.45) is 5.73 Å². The molecule has 0 saturated heterocycles. The van der Waals surface area contributed by atoms with Gasteiger partial charge in [0.1, 0.15) is 6.07 Å². The molecule has 0 heterocycles. The largest absolute Gasteiger partial charge is 0.375 e. The highest BCUT2D eigenvalue weighted by molar-refractivity contribution is 9.10. The zero-order chi connectivity index (χ0) is 11.3. The normalized spacial score (nSPS) is 9.73. The molecule has 1 aromatic rings. The Kier molecular flexibility index (Phi) is 4.60. The fourth-order valence-electron chi connectivity index (χ4n) is 1.29. The van der Waals surface area contributed by atoms with E-state index in [-0.39, 0.29) is 0 Å². The molecule has 0 saturated carbocycles. The maximum absolute atomic E-state index is 8.78. The van der Waals surface area contributed by atoms with Crippen LogP contribution in [0.5, 0.6) is 0 Å². The van der Waals surface area contributed by atoms with Crippen LogP contribution in [0.3, 0.4) is 0 Å². The van der Waals surface area contributed by atoms with E-state index in [1.54, 1.807) is 0 Å². The molecule has 1 aromatic carbocycles. The second-order valence-electron chi connectivity index (χ2n) is 3.34. The molecule has 3 nitrogen and oxygen atoms in total. The Hall–Kier alpha value is -1.05. The lowest BCUT2D eigenvalue weighted by atomic mass is 10.2. The monoisotopic (exact) mass is 267 g/mol. The van der Waals surface area contributed by atoms with Crippen molar-refractivity contribution in [1.82, 2.24) is 0 Å². The van der Waals surface area contributed by atoms with Gasteiger partial charge in [-0.25, -0.2) is 0 Å². The molecule has 0 unspecified atom stereocenters. The van der Waals surface area contributed by atoms with E-state index >= 15 is 0 Å². The van der Waals surface area contributed by atoms with Crippen molar-refractivity contribution in [3.05, 3.63) is 28.2 Å². The number of nitriles is 1. The van der Waals surface area contributed by atoms with Crippen LogP contribution >= 0.6 is 15.9 Å². The topological polar surface area (TPSA) is 53.0 Å². The van der Waals surface area contributed by atoms with Gasteiger partial charge in [0, 0.05) is 23.8 Å². The first-order valence-electron chi connectivity index (χ1n) is 4.80. The quantitative estimate of drug-likeness (QED) is 0.909. The van der Waals surface area contributed by atoms with Gasteiger partial charge < -0.3 is 10.6 Å². The second-order valence-corrected chi connectivity index (χ2v) is 4.19. The number of rotatable bonds is 4. The van der Waals surface area contributed by atoms with E-state index in [4.69, 9.17) is 11.0 Å². The van der Waals surface area contributed by atoms with Gasteiger partial charge in [-0.1, -0.05) is 0 Å². The minimum atomic E-state index is 0.658. The minimum absolute atomic E-state index is 0.658. The Morgan fingerprint density at radius 1 is 1.53 bits per heavy atom. The smallest absolute Gasteiger partial charge is 0.100 e. The molecule has 0 atom stereocenters. The van der Waals surface area contributed by atoms with Gasteiger partial charge in [0.25, 0.3) is 0 Å². The van der Waals surface area contributed by atoms with Crippen LogP contribution in [-0.2, 0) is 0 Å². The van der Waals surface area contributed by atoms with Crippen molar-refractivity contribution >= 4 is 21.6 Å². The van der Waals surface area contributed by atoms with Crippen LogP contribution in [0, 0.1) is 11.3 Å². The van der Waals surface area contributed by atoms with E-state index in [2.05, 4.69) is 26.9 Å². The summed E-state index contributed by atoms with van der Waals surface area (Å²) in [6.45, 7) is 1.62. The third kappa shape index (κ3) is 3.22. The molecule has 0 aromatic heterocycles. The average molecular weight is 268 g/mol. The summed E-state index contributed by atoms with van der Waals surface area (Å²) in [7, 11) is 2.02. The van der Waals surface area contributed by atoms with Gasteiger partial charge in [-0.15, -0.1) is 0 Å². The van der Waals surface area contributed by atoms with E-state index in [0.29, 0.717) is 12.1 Å². The van der Waals surface area contributed by atoms with E-state index in [1.807, 2.05) is 25.2 Å². The fraction of sp³-hybridized carbons (Fsp3) is 0.364. The number of hydrogen-bond acceptors (Lipinski definition) is 3. The first-order valence-corrected chi connectivity index (χ1v) is 5.59. The molecular weight excluding hydrogens is 254 g/mol. The van der Waals surface area contributed by atoms with Crippen molar-refractivity contribution in [3.63, 3.8) is 0 Å². The summed E-state index contributed by atoms with van der Waals surface area (Å²) in [6, 6.07) is 7.83. The molecule has 0 radical (unpaired) electrons. The van der Waals surface area contributed by atoms with E-state index < -0.39 is 0 Å². The molecular formula is C11H14BrN3. The number of nitrogens with two attached hydrogens (primary N) is 1. The molecule has 0 amide bonds. The van der Waals surface area contributed by atoms with E-state index in [9.17, 15) is 0 Å². The van der Waals surface area contributed by atoms with Crippen LogP contribution in [0.4, 0.5) is 5.69 Å². The van der Waals surface area contributed by atoms with Crippen LogP contribution in [0.2, 0.25) is 0 Å². The Labute approximate surface area is 98.6 Å². The molecule has 80 valence electrons. The molecule has 0 aliphatic rings. The van der Waals surface area contributed by atoms with Gasteiger partial charge in [0.05, 0.1) is 5.56 Å². The highest BCUT2D eigenvalue weighted by Crippen LogP contribution is 2.22. The summed E-state index contributed by atoms with van der Waals surface area (Å²) in [5.74, 6) is 0. The SMILES string of the molecule is CN(CCCN)c1ccc(C#N)c(Br)c1. The predicted molar refractivity (Wildman–Crippen MR) is 65.8 cm³/mol. The molecule has 0 aliphatic heterocycles. The molecule has 2 N–H and O–H groups in total. The van der Waals surface area contributed by atoms with Crippen molar-refractivity contribution in [3.8, 4) is 6.07 Å². The zero-order valence-electron chi connectivity index (χ0n) is 8.70. The molecule has 4 heteroatoms. The Morgan fingerprint density at radius 2 is 2.27 bits per heavy atom. The van der Waals surface area contributed by atoms with Crippen molar-refractivity contribution in [2.75, 3.05) is 25.0 Å². The molecule has 0 spiro atoms. The summed E-state index contributed by atoms with van der Waals surface area (Å²) in [4.78, 5) is 2.12. The number of halogens is 1. The number of nitrogens with zero attached hydrogens (tertiary/aromatic N) is 2. The summed E-state index contributed by atoms with van der Waals surface area (Å²) >= 11 is 3.37. The van der Waals surface area contributed by atoms with Gasteiger partial charge in [0.15, 0.2) is 0 Å². The highest BCUT2D eigenvalue weighted by Gasteiger charge is 2.04. The molecule has 0 bridgehead atoms. The number of anilines is 1. The number of benzene rings is 1. The van der Waals surface area contributed by atoms with Crippen LogP contribution in [0.15, 0.2) is 22.7 Å². The number of hydrogen-bond donors (Lipinski definition) is 1. The lowest BCUT2D eigenvalue weighted by Gasteiger charge is -2.19.